The molecule has 1 aliphatic carbocycles. The van der Waals surface area contributed by atoms with Crippen LogP contribution in [0.2, 0.25) is 0 Å². The lowest BCUT2D eigenvalue weighted by Crippen LogP contribution is -2.37. The van der Waals surface area contributed by atoms with Gasteiger partial charge in [0.1, 0.15) is 0 Å². The van der Waals surface area contributed by atoms with E-state index in [1.807, 2.05) is 5.38 Å². The summed E-state index contributed by atoms with van der Waals surface area (Å²) in [4.78, 5) is 15.9. The Hall–Kier alpha value is -0.650. The molecule has 16 heavy (non-hydrogen) atoms. The molecule has 1 aromatic heterocycles. The second-order valence-electron chi connectivity index (χ2n) is 4.34. The Kier molecular flexibility index (Phi) is 3.93. The van der Waals surface area contributed by atoms with E-state index >= 15 is 0 Å². The molecule has 0 aliphatic heterocycles. The summed E-state index contributed by atoms with van der Waals surface area (Å²) >= 11 is 1.45. The Labute approximate surface area is 105 Å². The van der Waals surface area contributed by atoms with Gasteiger partial charge in [0.2, 0.25) is 5.91 Å². The number of nitrogens with one attached hydrogen (secondary N) is 1. The highest BCUT2D eigenvalue weighted by atomic mass is 35.5. The fraction of sp³-hybridized carbons (Fsp3) is 0.600. The predicted molar refractivity (Wildman–Crippen MR) is 68.2 cm³/mol. The number of nitrogens with zero attached hydrogens (tertiary/aromatic N) is 1. The average molecular weight is 262 g/mol. The number of nitrogens with two attached hydrogens (primary N) is 1. The molecule has 0 bridgehead atoms. The van der Waals surface area contributed by atoms with Crippen molar-refractivity contribution in [1.29, 1.82) is 0 Å². The summed E-state index contributed by atoms with van der Waals surface area (Å²) in [5.41, 5.74) is 6.16. The van der Waals surface area contributed by atoms with Gasteiger partial charge in [-0.15, -0.1) is 23.7 Å². The summed E-state index contributed by atoms with van der Waals surface area (Å²) in [5, 5.41) is 5.38. The highest BCUT2D eigenvalue weighted by Crippen LogP contribution is 2.33. The van der Waals surface area contributed by atoms with Gasteiger partial charge in [0.15, 0.2) is 5.13 Å². The summed E-state index contributed by atoms with van der Waals surface area (Å²) in [7, 11) is 0. The number of carbonyl (C=O) groups excluding carboxylic acids is 1. The summed E-state index contributed by atoms with van der Waals surface area (Å²) in [5.74, 6) is 0.284. The minimum atomic E-state index is -0.621. The first-order valence-electron chi connectivity index (χ1n) is 5.07. The fourth-order valence-electron chi connectivity index (χ4n) is 1.19. The number of carbonyl (C=O) groups is 1. The number of hydrogen-bond donors (Lipinski definition) is 2. The van der Waals surface area contributed by atoms with Gasteiger partial charge in [0, 0.05) is 5.38 Å². The minimum absolute atomic E-state index is 0. The third kappa shape index (κ3) is 2.72. The van der Waals surface area contributed by atoms with Crippen LogP contribution in [-0.4, -0.2) is 16.4 Å². The number of thiazole rings is 1. The molecule has 1 amide bonds. The molecular formula is C10H16ClN3OS. The zero-order valence-corrected chi connectivity index (χ0v) is 11.0. The van der Waals surface area contributed by atoms with Crippen LogP contribution in [0, 0.1) is 0 Å². The first-order chi connectivity index (χ1) is 7.01. The lowest BCUT2D eigenvalue weighted by Gasteiger charge is -2.06. The molecule has 0 aromatic carbocycles. The van der Waals surface area contributed by atoms with Crippen LogP contribution < -0.4 is 11.1 Å². The molecule has 1 heterocycles. The van der Waals surface area contributed by atoms with Crippen molar-refractivity contribution in [3.8, 4) is 0 Å². The molecule has 0 saturated heterocycles. The van der Waals surface area contributed by atoms with E-state index in [4.69, 9.17) is 5.73 Å². The second kappa shape index (κ2) is 4.69. The van der Waals surface area contributed by atoms with Crippen LogP contribution >= 0.6 is 23.7 Å². The van der Waals surface area contributed by atoms with Crippen molar-refractivity contribution in [2.45, 2.75) is 38.1 Å². The number of halogens is 1. The zero-order chi connectivity index (χ0) is 11.1. The summed E-state index contributed by atoms with van der Waals surface area (Å²) in [6.07, 6.45) is 1.56. The lowest BCUT2D eigenvalue weighted by atomic mass is 10.2. The molecule has 6 heteroatoms. The molecule has 0 spiro atoms. The van der Waals surface area contributed by atoms with E-state index in [9.17, 15) is 4.79 Å². The maximum atomic E-state index is 11.6. The van der Waals surface area contributed by atoms with Gasteiger partial charge in [-0.1, -0.05) is 13.8 Å². The molecule has 1 aromatic rings. The van der Waals surface area contributed by atoms with Gasteiger partial charge in [-0.3, -0.25) is 4.79 Å². The Morgan fingerprint density at radius 3 is 2.69 bits per heavy atom. The van der Waals surface area contributed by atoms with Crippen LogP contribution in [0.5, 0.6) is 0 Å². The average Bonchev–Trinajstić information content (AvgIpc) is 2.76. The van der Waals surface area contributed by atoms with Gasteiger partial charge in [-0.05, 0) is 18.8 Å². The third-order valence-corrected chi connectivity index (χ3v) is 3.35. The standard InChI is InChI=1S/C10H15N3OS.ClH/c1-6(2)7-5-15-9(12-7)13-8(14)10(11)3-4-10;/h5-6H,3-4,11H2,1-2H3,(H,12,13,14);1H. The summed E-state index contributed by atoms with van der Waals surface area (Å²) < 4.78 is 0. The molecular weight excluding hydrogens is 246 g/mol. The van der Waals surface area contributed by atoms with Crippen LogP contribution in [0.3, 0.4) is 0 Å². The van der Waals surface area contributed by atoms with Gasteiger partial charge in [0.05, 0.1) is 11.2 Å². The van der Waals surface area contributed by atoms with Crippen molar-refractivity contribution in [2.75, 3.05) is 5.32 Å². The molecule has 3 N–H and O–H groups in total. The zero-order valence-electron chi connectivity index (χ0n) is 9.32. The monoisotopic (exact) mass is 261 g/mol. The molecule has 0 radical (unpaired) electrons. The molecule has 4 nitrogen and oxygen atoms in total. The smallest absolute Gasteiger partial charge is 0.246 e. The Morgan fingerprint density at radius 1 is 1.62 bits per heavy atom. The van der Waals surface area contributed by atoms with Gasteiger partial charge in [0.25, 0.3) is 0 Å². The topological polar surface area (TPSA) is 68.0 Å². The van der Waals surface area contributed by atoms with Gasteiger partial charge in [-0.25, -0.2) is 4.98 Å². The van der Waals surface area contributed by atoms with E-state index in [0.29, 0.717) is 11.0 Å². The first-order valence-corrected chi connectivity index (χ1v) is 5.95. The number of hydrogen-bond acceptors (Lipinski definition) is 4. The maximum absolute atomic E-state index is 11.6. The van der Waals surface area contributed by atoms with Gasteiger partial charge in [-0.2, -0.15) is 0 Å². The molecule has 2 rings (SSSR count). The number of amides is 1. The predicted octanol–water partition coefficient (Wildman–Crippen LogP) is 2.12. The Bertz CT molecular complexity index is 387. The van der Waals surface area contributed by atoms with E-state index in [1.54, 1.807) is 0 Å². The molecule has 90 valence electrons. The highest BCUT2D eigenvalue weighted by Gasteiger charge is 2.46. The van der Waals surface area contributed by atoms with Crippen molar-refractivity contribution >= 4 is 34.8 Å². The van der Waals surface area contributed by atoms with Crippen molar-refractivity contribution in [3.63, 3.8) is 0 Å². The quantitative estimate of drug-likeness (QED) is 0.876. The minimum Gasteiger partial charge on any atom is -0.317 e. The molecule has 0 unspecified atom stereocenters. The molecule has 1 saturated carbocycles. The SMILES string of the molecule is CC(C)c1csc(NC(=O)C2(N)CC2)n1.Cl. The third-order valence-electron chi connectivity index (χ3n) is 2.57. The fourth-order valence-corrected chi connectivity index (χ4v) is 2.06. The van der Waals surface area contributed by atoms with Crippen LogP contribution in [-0.2, 0) is 4.79 Å². The lowest BCUT2D eigenvalue weighted by molar-refractivity contribution is -0.118. The van der Waals surface area contributed by atoms with Crippen LogP contribution in [0.25, 0.3) is 0 Å². The largest absolute Gasteiger partial charge is 0.317 e. The van der Waals surface area contributed by atoms with E-state index in [0.717, 1.165) is 18.5 Å². The van der Waals surface area contributed by atoms with Crippen LogP contribution in [0.15, 0.2) is 5.38 Å². The van der Waals surface area contributed by atoms with Crippen LogP contribution in [0.1, 0.15) is 38.3 Å². The molecule has 1 aliphatic rings. The van der Waals surface area contributed by atoms with Crippen LogP contribution in [0.4, 0.5) is 5.13 Å². The molecule has 0 atom stereocenters. The van der Waals surface area contributed by atoms with E-state index in [2.05, 4.69) is 24.1 Å². The van der Waals surface area contributed by atoms with Gasteiger partial charge < -0.3 is 11.1 Å². The van der Waals surface area contributed by atoms with E-state index in [1.165, 1.54) is 11.3 Å². The normalized spacial score (nSPS) is 16.8. The highest BCUT2D eigenvalue weighted by molar-refractivity contribution is 7.13. The van der Waals surface area contributed by atoms with Gasteiger partial charge >= 0.3 is 0 Å². The molecule has 1 fully saturated rings. The van der Waals surface area contributed by atoms with Crippen molar-refractivity contribution < 1.29 is 4.79 Å². The van der Waals surface area contributed by atoms with Crippen molar-refractivity contribution in [3.05, 3.63) is 11.1 Å². The number of anilines is 1. The van der Waals surface area contributed by atoms with Crippen molar-refractivity contribution in [2.24, 2.45) is 5.73 Å². The second-order valence-corrected chi connectivity index (χ2v) is 5.20. The maximum Gasteiger partial charge on any atom is 0.246 e. The summed E-state index contributed by atoms with van der Waals surface area (Å²) in [6, 6.07) is 0. The summed E-state index contributed by atoms with van der Waals surface area (Å²) in [6.45, 7) is 4.15. The Morgan fingerprint density at radius 2 is 2.25 bits per heavy atom. The first kappa shape index (κ1) is 13.4. The number of rotatable bonds is 3. The van der Waals surface area contributed by atoms with E-state index < -0.39 is 5.54 Å². The Balaban J connectivity index is 0.00000128. The van der Waals surface area contributed by atoms with E-state index in [-0.39, 0.29) is 18.3 Å². The van der Waals surface area contributed by atoms with Crippen molar-refractivity contribution in [1.82, 2.24) is 4.98 Å². The number of aromatic nitrogens is 1.